The number of sulfonamides is 1. The third-order valence-electron chi connectivity index (χ3n) is 5.76. The fourth-order valence-corrected chi connectivity index (χ4v) is 4.95. The number of carbonyl (C=O) groups excluding carboxylic acids is 2. The predicted octanol–water partition coefficient (Wildman–Crippen LogP) is 4.06. The molecule has 1 atom stereocenters. The van der Waals surface area contributed by atoms with Gasteiger partial charge in [-0.05, 0) is 69.0 Å². The van der Waals surface area contributed by atoms with Gasteiger partial charge in [0, 0.05) is 31.1 Å². The Kier molecular flexibility index (Phi) is 9.94. The minimum Gasteiger partial charge on any atom is -0.355 e. The lowest BCUT2D eigenvalue weighted by Crippen LogP contribution is -2.47. The van der Waals surface area contributed by atoms with Gasteiger partial charge in [-0.25, -0.2) is 8.42 Å². The smallest absolute Gasteiger partial charge is 0.242 e. The number of nitrogens with zero attached hydrogens (tertiary/aromatic N) is 2. The molecule has 2 rings (SSSR count). The van der Waals surface area contributed by atoms with Crippen LogP contribution in [-0.4, -0.2) is 50.5 Å². The van der Waals surface area contributed by atoms with E-state index in [1.165, 1.54) is 15.5 Å². The highest BCUT2D eigenvalue weighted by atomic mass is 35.5. The number of hydrogen-bond acceptors (Lipinski definition) is 4. The van der Waals surface area contributed by atoms with Gasteiger partial charge in [0.1, 0.15) is 6.04 Å². The van der Waals surface area contributed by atoms with Gasteiger partial charge in [-0.15, -0.1) is 0 Å². The van der Waals surface area contributed by atoms with Crippen molar-refractivity contribution in [2.75, 3.05) is 23.7 Å². The van der Waals surface area contributed by atoms with Crippen molar-refractivity contribution in [3.05, 3.63) is 64.2 Å². The summed E-state index contributed by atoms with van der Waals surface area (Å²) in [6.07, 6.45) is 1.58. The highest BCUT2D eigenvalue weighted by molar-refractivity contribution is 7.92. The normalized spacial score (nSPS) is 12.2. The molecular weight excluding hydrogens is 474 g/mol. The monoisotopic (exact) mass is 507 g/mol. The van der Waals surface area contributed by atoms with Crippen molar-refractivity contribution in [2.45, 2.75) is 53.1 Å². The van der Waals surface area contributed by atoms with E-state index in [0.29, 0.717) is 23.7 Å². The van der Waals surface area contributed by atoms with Gasteiger partial charge in [0.25, 0.3) is 0 Å². The largest absolute Gasteiger partial charge is 0.355 e. The van der Waals surface area contributed by atoms with Crippen molar-refractivity contribution in [1.29, 1.82) is 0 Å². The molecule has 0 bridgehead atoms. The summed E-state index contributed by atoms with van der Waals surface area (Å²) in [7, 11) is -3.54. The molecule has 0 heterocycles. The van der Waals surface area contributed by atoms with E-state index < -0.39 is 16.1 Å². The molecule has 0 aliphatic rings. The molecule has 0 aliphatic carbocycles. The summed E-state index contributed by atoms with van der Waals surface area (Å²) < 4.78 is 26.4. The van der Waals surface area contributed by atoms with Crippen LogP contribution in [0.15, 0.2) is 42.5 Å². The van der Waals surface area contributed by atoms with Crippen LogP contribution in [0.4, 0.5) is 5.69 Å². The molecule has 1 N–H and O–H groups in total. The van der Waals surface area contributed by atoms with Crippen LogP contribution in [0.2, 0.25) is 5.02 Å². The quantitative estimate of drug-likeness (QED) is 0.497. The first kappa shape index (κ1) is 27.7. The molecule has 34 heavy (non-hydrogen) atoms. The lowest BCUT2D eigenvalue weighted by Gasteiger charge is -2.29. The number of rotatable bonds is 11. The highest BCUT2D eigenvalue weighted by Crippen LogP contribution is 2.25. The number of halogens is 1. The fourth-order valence-electron chi connectivity index (χ4n) is 3.72. The Bertz CT molecular complexity index is 1120. The maximum Gasteiger partial charge on any atom is 0.242 e. The van der Waals surface area contributed by atoms with Gasteiger partial charge < -0.3 is 10.2 Å². The Labute approximate surface area is 208 Å². The predicted molar refractivity (Wildman–Crippen MR) is 137 cm³/mol. The van der Waals surface area contributed by atoms with Gasteiger partial charge in [-0.3, -0.25) is 13.9 Å². The first-order valence-corrected chi connectivity index (χ1v) is 13.5. The Morgan fingerprint density at radius 1 is 1.12 bits per heavy atom. The molecule has 9 heteroatoms. The number of aryl methyl sites for hydroxylation is 1. The molecule has 7 nitrogen and oxygen atoms in total. The van der Waals surface area contributed by atoms with E-state index in [-0.39, 0.29) is 31.3 Å². The third kappa shape index (κ3) is 7.46. The molecule has 0 aliphatic heterocycles. The molecule has 0 spiro atoms. The second-order valence-corrected chi connectivity index (χ2v) is 10.7. The van der Waals surface area contributed by atoms with Crippen LogP contribution in [-0.2, 0) is 26.2 Å². The van der Waals surface area contributed by atoms with Gasteiger partial charge in [-0.1, -0.05) is 35.9 Å². The second kappa shape index (κ2) is 12.2. The van der Waals surface area contributed by atoms with Crippen molar-refractivity contribution >= 4 is 39.1 Å². The van der Waals surface area contributed by atoms with E-state index in [0.717, 1.165) is 16.7 Å². The summed E-state index contributed by atoms with van der Waals surface area (Å²) in [5, 5.41) is 3.31. The van der Waals surface area contributed by atoms with E-state index in [9.17, 15) is 18.0 Å². The molecule has 2 aromatic rings. The molecule has 0 saturated carbocycles. The zero-order valence-corrected chi connectivity index (χ0v) is 22.0. The van der Waals surface area contributed by atoms with E-state index in [1.54, 1.807) is 31.2 Å². The number of likely N-dealkylation sites (N-methyl/N-ethyl adjacent to an activating group) is 1. The number of hydrogen-bond donors (Lipinski definition) is 1. The number of anilines is 1. The SMILES string of the molecule is CCNC(=O)[C@H](C)N(Cc1cccc(Cl)c1)C(=O)CCCN(c1cccc(C)c1C)S(C)(=O)=O. The first-order valence-electron chi connectivity index (χ1n) is 11.3. The summed E-state index contributed by atoms with van der Waals surface area (Å²) in [5.74, 6) is -0.473. The van der Waals surface area contributed by atoms with Gasteiger partial charge in [-0.2, -0.15) is 0 Å². The molecule has 2 amide bonds. The van der Waals surface area contributed by atoms with Gasteiger partial charge in [0.15, 0.2) is 0 Å². The van der Waals surface area contributed by atoms with E-state index >= 15 is 0 Å². The topological polar surface area (TPSA) is 86.8 Å². The molecule has 2 aromatic carbocycles. The Balaban J connectivity index is 2.19. The van der Waals surface area contributed by atoms with Crippen LogP contribution < -0.4 is 9.62 Å². The zero-order valence-electron chi connectivity index (χ0n) is 20.5. The standard InChI is InChI=1S/C25H34ClN3O4S/c1-6-27-25(31)20(4)28(17-21-11-8-12-22(26)16-21)24(30)14-9-15-29(34(5,32)33)23-13-7-10-18(2)19(23)3/h7-8,10-13,16,20H,6,9,14-15,17H2,1-5H3,(H,27,31)/t20-/m0/s1. The minimum atomic E-state index is -3.54. The van der Waals surface area contributed by atoms with Crippen LogP contribution in [0.1, 0.15) is 43.4 Å². The van der Waals surface area contributed by atoms with Gasteiger partial charge in [0.05, 0.1) is 11.9 Å². The number of carbonyl (C=O) groups is 2. The summed E-state index contributed by atoms with van der Waals surface area (Å²) in [5.41, 5.74) is 3.30. The zero-order chi connectivity index (χ0) is 25.5. The minimum absolute atomic E-state index is 0.0984. The van der Waals surface area contributed by atoms with Crippen molar-refractivity contribution in [3.63, 3.8) is 0 Å². The molecule has 0 aromatic heterocycles. The van der Waals surface area contributed by atoms with Crippen molar-refractivity contribution in [2.24, 2.45) is 0 Å². The van der Waals surface area contributed by atoms with Crippen LogP contribution in [0.3, 0.4) is 0 Å². The van der Waals surface area contributed by atoms with E-state index in [1.807, 2.05) is 39.0 Å². The van der Waals surface area contributed by atoms with Crippen molar-refractivity contribution < 1.29 is 18.0 Å². The molecule has 186 valence electrons. The average Bonchev–Trinajstić information content (AvgIpc) is 2.76. The van der Waals surface area contributed by atoms with E-state index in [4.69, 9.17) is 11.6 Å². The summed E-state index contributed by atoms with van der Waals surface area (Å²) in [4.78, 5) is 27.2. The lowest BCUT2D eigenvalue weighted by atomic mass is 10.1. The number of benzene rings is 2. The number of nitrogens with one attached hydrogen (secondary N) is 1. The van der Waals surface area contributed by atoms with Crippen LogP contribution in [0, 0.1) is 13.8 Å². The molecule has 0 unspecified atom stereocenters. The molecule has 0 radical (unpaired) electrons. The summed E-state index contributed by atoms with van der Waals surface area (Å²) >= 11 is 6.10. The van der Waals surface area contributed by atoms with Crippen LogP contribution >= 0.6 is 11.6 Å². The molecule has 0 saturated heterocycles. The lowest BCUT2D eigenvalue weighted by molar-refractivity contribution is -0.140. The molecule has 0 fully saturated rings. The van der Waals surface area contributed by atoms with Crippen molar-refractivity contribution in [1.82, 2.24) is 10.2 Å². The number of amides is 2. The molecular formula is C25H34ClN3O4S. The second-order valence-electron chi connectivity index (χ2n) is 8.38. The average molecular weight is 508 g/mol. The maximum atomic E-state index is 13.2. The Hall–Kier alpha value is -2.58. The highest BCUT2D eigenvalue weighted by Gasteiger charge is 2.26. The van der Waals surface area contributed by atoms with Crippen LogP contribution in [0.5, 0.6) is 0 Å². The maximum absolute atomic E-state index is 13.2. The van der Waals surface area contributed by atoms with Gasteiger partial charge >= 0.3 is 0 Å². The first-order chi connectivity index (χ1) is 16.0. The summed E-state index contributed by atoms with van der Waals surface area (Å²) in [6.45, 7) is 8.17. The Morgan fingerprint density at radius 3 is 2.41 bits per heavy atom. The van der Waals surface area contributed by atoms with E-state index in [2.05, 4.69) is 5.32 Å². The third-order valence-corrected chi connectivity index (χ3v) is 7.17. The van der Waals surface area contributed by atoms with Gasteiger partial charge in [0.2, 0.25) is 21.8 Å². The Morgan fingerprint density at radius 2 is 1.79 bits per heavy atom. The van der Waals surface area contributed by atoms with Crippen molar-refractivity contribution in [3.8, 4) is 0 Å². The fraction of sp³-hybridized carbons (Fsp3) is 0.440. The summed E-state index contributed by atoms with van der Waals surface area (Å²) in [6, 6.07) is 12.0. The van der Waals surface area contributed by atoms with Crippen LogP contribution in [0.25, 0.3) is 0 Å².